The molecule has 0 atom stereocenters. The normalized spacial score (nSPS) is 10.5. The van der Waals surface area contributed by atoms with Crippen LogP contribution in [0.25, 0.3) is 11.0 Å². The van der Waals surface area contributed by atoms with Crippen LogP contribution >= 0.6 is 11.3 Å². The Hall–Kier alpha value is -0.830. The van der Waals surface area contributed by atoms with Gasteiger partial charge in [-0.15, -0.1) is 11.3 Å². The first-order chi connectivity index (χ1) is 3.97. The first-order valence-corrected chi connectivity index (χ1v) is 3.19. The summed E-state index contributed by atoms with van der Waals surface area (Å²) in [6.45, 7) is 0. The molecular formula is C5H3N2S. The lowest BCUT2D eigenvalue weighted by atomic mass is 10.5. The van der Waals surface area contributed by atoms with Gasteiger partial charge < -0.3 is 4.98 Å². The number of hydrogen-bond donors (Lipinski definition) is 1. The van der Waals surface area contributed by atoms with Crippen molar-refractivity contribution >= 4 is 22.4 Å². The molecule has 0 saturated carbocycles. The van der Waals surface area contributed by atoms with E-state index in [1.807, 2.05) is 10.8 Å². The van der Waals surface area contributed by atoms with Gasteiger partial charge in [-0.1, -0.05) is 0 Å². The van der Waals surface area contributed by atoms with E-state index >= 15 is 0 Å². The molecule has 2 aromatic rings. The van der Waals surface area contributed by atoms with Crippen LogP contribution in [-0.2, 0) is 0 Å². The second kappa shape index (κ2) is 1.32. The quantitative estimate of drug-likeness (QED) is 0.564. The molecule has 0 aliphatic rings. The van der Waals surface area contributed by atoms with E-state index in [4.69, 9.17) is 0 Å². The third kappa shape index (κ3) is 0.391. The standard InChI is InChI=1S/C5H3N2S/c1-4-5(2-8-1)7-3-6-4/h1-2H,(H,6,7). The number of aromatic nitrogens is 2. The number of rotatable bonds is 0. The third-order valence-corrected chi connectivity index (χ3v) is 1.74. The molecule has 0 aromatic carbocycles. The summed E-state index contributed by atoms with van der Waals surface area (Å²) in [6, 6.07) is 0. The summed E-state index contributed by atoms with van der Waals surface area (Å²) in [6.07, 6.45) is 2.65. The van der Waals surface area contributed by atoms with E-state index < -0.39 is 0 Å². The molecule has 1 radical (unpaired) electrons. The molecule has 1 N–H and O–H groups in total. The van der Waals surface area contributed by atoms with Crippen molar-refractivity contribution in [2.75, 3.05) is 0 Å². The van der Waals surface area contributed by atoms with Crippen molar-refractivity contribution in [2.45, 2.75) is 0 Å². The highest BCUT2D eigenvalue weighted by Crippen LogP contribution is 2.12. The summed E-state index contributed by atoms with van der Waals surface area (Å²) in [5.74, 6) is 0. The van der Waals surface area contributed by atoms with Crippen LogP contribution in [0.4, 0.5) is 0 Å². The van der Waals surface area contributed by atoms with Gasteiger partial charge in [-0.25, -0.2) is 4.98 Å². The topological polar surface area (TPSA) is 28.7 Å². The van der Waals surface area contributed by atoms with Crippen molar-refractivity contribution in [3.63, 3.8) is 0 Å². The van der Waals surface area contributed by atoms with Gasteiger partial charge in [0.2, 0.25) is 0 Å². The molecule has 2 aromatic heterocycles. The zero-order chi connectivity index (χ0) is 5.40. The maximum Gasteiger partial charge on any atom is 0.174 e. The predicted molar refractivity (Wildman–Crippen MR) is 32.8 cm³/mol. The van der Waals surface area contributed by atoms with E-state index in [-0.39, 0.29) is 0 Å². The number of hydrogen-bond acceptors (Lipinski definition) is 2. The van der Waals surface area contributed by atoms with Crippen LogP contribution < -0.4 is 0 Å². The Bertz CT molecular complexity index is 232. The Morgan fingerprint density at radius 2 is 2.62 bits per heavy atom. The van der Waals surface area contributed by atoms with Crippen LogP contribution in [0, 0.1) is 6.33 Å². The van der Waals surface area contributed by atoms with Crippen LogP contribution in [0.5, 0.6) is 0 Å². The summed E-state index contributed by atoms with van der Waals surface area (Å²) in [5.41, 5.74) is 2.09. The molecular weight excluding hydrogens is 120 g/mol. The minimum absolute atomic E-state index is 1.01. The highest BCUT2D eigenvalue weighted by molar-refractivity contribution is 7.09. The number of H-pyrrole nitrogens is 1. The molecule has 2 rings (SSSR count). The van der Waals surface area contributed by atoms with Crippen molar-refractivity contribution < 1.29 is 0 Å². The molecule has 0 amide bonds. The van der Waals surface area contributed by atoms with Crippen molar-refractivity contribution in [3.8, 4) is 0 Å². The zero-order valence-corrected chi connectivity index (χ0v) is 4.83. The number of imidazole rings is 1. The highest BCUT2D eigenvalue weighted by atomic mass is 32.1. The Kier molecular flexibility index (Phi) is 0.676. The lowest BCUT2D eigenvalue weighted by molar-refractivity contribution is 1.32. The molecule has 2 nitrogen and oxygen atoms in total. The summed E-state index contributed by atoms with van der Waals surface area (Å²) in [7, 11) is 0. The van der Waals surface area contributed by atoms with Gasteiger partial charge >= 0.3 is 0 Å². The Morgan fingerprint density at radius 1 is 1.62 bits per heavy atom. The van der Waals surface area contributed by atoms with E-state index in [2.05, 4.69) is 16.3 Å². The highest BCUT2D eigenvalue weighted by Gasteiger charge is 1.91. The second-order valence-corrected chi connectivity index (χ2v) is 2.26. The van der Waals surface area contributed by atoms with Gasteiger partial charge in [-0.3, -0.25) is 0 Å². The molecule has 39 valence electrons. The number of nitrogens with one attached hydrogen (secondary N) is 1. The van der Waals surface area contributed by atoms with Gasteiger partial charge in [-0.05, 0) is 0 Å². The SMILES string of the molecule is [c]1nc2cscc2[nH]1. The third-order valence-electron chi connectivity index (χ3n) is 1.01. The van der Waals surface area contributed by atoms with Gasteiger partial charge in [0.1, 0.15) is 0 Å². The Balaban J connectivity index is 3.06. The molecule has 0 spiro atoms. The van der Waals surface area contributed by atoms with E-state index in [0.717, 1.165) is 11.0 Å². The molecule has 0 unspecified atom stereocenters. The van der Waals surface area contributed by atoms with Crippen LogP contribution in [0.3, 0.4) is 0 Å². The average molecular weight is 123 g/mol. The number of aromatic amines is 1. The second-order valence-electron chi connectivity index (χ2n) is 1.52. The predicted octanol–water partition coefficient (Wildman–Crippen LogP) is 1.42. The van der Waals surface area contributed by atoms with Crippen LogP contribution in [-0.4, -0.2) is 9.97 Å². The van der Waals surface area contributed by atoms with Gasteiger partial charge in [0.25, 0.3) is 0 Å². The van der Waals surface area contributed by atoms with Gasteiger partial charge in [0.15, 0.2) is 6.33 Å². The lowest BCUT2D eigenvalue weighted by Crippen LogP contribution is -1.50. The summed E-state index contributed by atoms with van der Waals surface area (Å²) < 4.78 is 0. The number of fused-ring (bicyclic) bond motifs is 1. The lowest BCUT2D eigenvalue weighted by Gasteiger charge is -1.63. The molecule has 0 bridgehead atoms. The molecule has 0 saturated heterocycles. The van der Waals surface area contributed by atoms with Crippen molar-refractivity contribution in [3.05, 3.63) is 17.1 Å². The molecule has 2 heterocycles. The van der Waals surface area contributed by atoms with Crippen LogP contribution in [0.15, 0.2) is 10.8 Å². The Morgan fingerprint density at radius 3 is 3.50 bits per heavy atom. The van der Waals surface area contributed by atoms with Crippen molar-refractivity contribution in [1.29, 1.82) is 0 Å². The number of nitrogens with zero attached hydrogens (tertiary/aromatic N) is 1. The molecule has 0 aliphatic carbocycles. The maximum atomic E-state index is 3.91. The van der Waals surface area contributed by atoms with Gasteiger partial charge in [0.05, 0.1) is 11.0 Å². The fourth-order valence-electron chi connectivity index (χ4n) is 0.619. The number of thiophene rings is 1. The van der Waals surface area contributed by atoms with E-state index in [0.29, 0.717) is 0 Å². The van der Waals surface area contributed by atoms with Crippen LogP contribution in [0.1, 0.15) is 0 Å². The average Bonchev–Trinajstić information content (AvgIpc) is 2.15. The minimum Gasteiger partial charge on any atom is -0.335 e. The molecule has 8 heavy (non-hydrogen) atoms. The minimum atomic E-state index is 1.01. The fourth-order valence-corrected chi connectivity index (χ4v) is 1.31. The molecule has 3 heteroatoms. The largest absolute Gasteiger partial charge is 0.335 e. The van der Waals surface area contributed by atoms with Crippen molar-refractivity contribution in [1.82, 2.24) is 9.97 Å². The van der Waals surface area contributed by atoms with E-state index in [9.17, 15) is 0 Å². The van der Waals surface area contributed by atoms with E-state index in [1.165, 1.54) is 0 Å². The van der Waals surface area contributed by atoms with E-state index in [1.54, 1.807) is 11.3 Å². The first kappa shape index (κ1) is 4.09. The maximum absolute atomic E-state index is 3.91. The fraction of sp³-hybridized carbons (Fsp3) is 0. The summed E-state index contributed by atoms with van der Waals surface area (Å²) >= 11 is 1.65. The Labute approximate surface area is 50.2 Å². The van der Waals surface area contributed by atoms with Crippen molar-refractivity contribution in [2.24, 2.45) is 0 Å². The summed E-state index contributed by atoms with van der Waals surface area (Å²) in [4.78, 5) is 6.78. The smallest absolute Gasteiger partial charge is 0.174 e. The molecule has 0 fully saturated rings. The van der Waals surface area contributed by atoms with Gasteiger partial charge in [0, 0.05) is 10.8 Å². The first-order valence-electron chi connectivity index (χ1n) is 2.25. The summed E-state index contributed by atoms with van der Waals surface area (Å²) in [5, 5.41) is 4.00. The van der Waals surface area contributed by atoms with Crippen LogP contribution in [0.2, 0.25) is 0 Å². The monoisotopic (exact) mass is 123 g/mol. The molecule has 0 aliphatic heterocycles. The zero-order valence-electron chi connectivity index (χ0n) is 4.01. The van der Waals surface area contributed by atoms with Gasteiger partial charge in [-0.2, -0.15) is 0 Å².